The molecule has 0 unspecified atom stereocenters. The van der Waals surface area contributed by atoms with E-state index in [1.807, 2.05) is 0 Å². The summed E-state index contributed by atoms with van der Waals surface area (Å²) in [7, 11) is 0. The third-order valence-corrected chi connectivity index (χ3v) is 5.76. The Kier molecular flexibility index (Phi) is 3.83. The summed E-state index contributed by atoms with van der Waals surface area (Å²) >= 11 is 3.32. The van der Waals surface area contributed by atoms with Crippen molar-refractivity contribution in [1.29, 1.82) is 0 Å². The number of halogens is 1. The molecule has 126 valence electrons. The van der Waals surface area contributed by atoms with Crippen molar-refractivity contribution in [1.82, 2.24) is 0 Å². The van der Waals surface area contributed by atoms with Gasteiger partial charge in [0.25, 0.3) is 5.91 Å². The highest BCUT2D eigenvalue weighted by Gasteiger charge is 2.64. The van der Waals surface area contributed by atoms with Crippen LogP contribution < -0.4 is 5.32 Å². The summed E-state index contributed by atoms with van der Waals surface area (Å²) < 4.78 is 11.4. The van der Waals surface area contributed by atoms with E-state index in [1.54, 1.807) is 24.3 Å². The number of hydrogen-bond acceptors (Lipinski definition) is 5. The molecule has 1 N–H and O–H groups in total. The number of fused-ring (bicyclic) bond motifs is 1. The molecular weight excluding hydrogens is 378 g/mol. The Labute approximate surface area is 147 Å². The maximum absolute atomic E-state index is 12.4. The molecule has 3 aliphatic rings. The zero-order valence-corrected chi connectivity index (χ0v) is 14.3. The monoisotopic (exact) mass is 393 g/mol. The number of rotatable bonds is 4. The van der Waals surface area contributed by atoms with Crippen LogP contribution >= 0.6 is 15.9 Å². The molecule has 2 bridgehead atoms. The van der Waals surface area contributed by atoms with Crippen LogP contribution in [0.3, 0.4) is 0 Å². The van der Waals surface area contributed by atoms with Crippen LogP contribution in [-0.4, -0.2) is 30.6 Å². The summed E-state index contributed by atoms with van der Waals surface area (Å²) in [6.45, 7) is -0.353. The summed E-state index contributed by atoms with van der Waals surface area (Å²) in [4.78, 5) is 36.2. The number of nitrogens with one attached hydrogen (secondary N) is 1. The first-order valence-electron chi connectivity index (χ1n) is 7.95. The third kappa shape index (κ3) is 2.60. The van der Waals surface area contributed by atoms with Gasteiger partial charge in [0.05, 0.1) is 11.8 Å². The largest absolute Gasteiger partial charge is 0.462 e. The fraction of sp³-hybridized carbons (Fsp3) is 0.471. The fourth-order valence-corrected chi connectivity index (χ4v) is 4.55. The second kappa shape index (κ2) is 5.88. The molecule has 6 nitrogen and oxygen atoms in total. The minimum absolute atomic E-state index is 0.0164. The van der Waals surface area contributed by atoms with Gasteiger partial charge >= 0.3 is 11.9 Å². The molecule has 3 fully saturated rings. The molecule has 5 atom stereocenters. The highest BCUT2D eigenvalue weighted by Crippen LogP contribution is 2.57. The van der Waals surface area contributed by atoms with Crippen molar-refractivity contribution in [2.24, 2.45) is 23.7 Å². The van der Waals surface area contributed by atoms with Crippen LogP contribution in [0, 0.1) is 23.7 Å². The molecule has 2 aliphatic carbocycles. The van der Waals surface area contributed by atoms with Gasteiger partial charge in [-0.25, -0.2) is 0 Å². The van der Waals surface area contributed by atoms with Crippen LogP contribution in [0.4, 0.5) is 5.69 Å². The summed E-state index contributed by atoms with van der Waals surface area (Å²) in [6, 6.07) is 7.10. The maximum Gasteiger partial charge on any atom is 0.310 e. The Morgan fingerprint density at radius 2 is 2.00 bits per heavy atom. The van der Waals surface area contributed by atoms with Crippen LogP contribution in [0.2, 0.25) is 0 Å². The zero-order valence-electron chi connectivity index (χ0n) is 12.7. The first-order valence-corrected chi connectivity index (χ1v) is 8.75. The van der Waals surface area contributed by atoms with Gasteiger partial charge in [-0.15, -0.1) is 0 Å². The smallest absolute Gasteiger partial charge is 0.310 e. The number of carbonyl (C=O) groups is 3. The van der Waals surface area contributed by atoms with Crippen molar-refractivity contribution in [3.63, 3.8) is 0 Å². The summed E-state index contributed by atoms with van der Waals surface area (Å²) in [5.74, 6) is -1.70. The molecule has 1 heterocycles. The van der Waals surface area contributed by atoms with Crippen LogP contribution in [0.15, 0.2) is 28.7 Å². The van der Waals surface area contributed by atoms with Crippen molar-refractivity contribution in [3.05, 3.63) is 28.7 Å². The molecule has 0 aromatic heterocycles. The molecule has 2 saturated carbocycles. The van der Waals surface area contributed by atoms with Crippen LogP contribution in [0.25, 0.3) is 0 Å². The summed E-state index contributed by atoms with van der Waals surface area (Å²) in [5, 5.41) is 2.66. The van der Waals surface area contributed by atoms with Gasteiger partial charge in [-0.2, -0.15) is 0 Å². The van der Waals surface area contributed by atoms with E-state index in [4.69, 9.17) is 9.47 Å². The molecule has 1 aromatic carbocycles. The number of amides is 1. The van der Waals surface area contributed by atoms with E-state index in [0.29, 0.717) is 5.69 Å². The van der Waals surface area contributed by atoms with E-state index in [9.17, 15) is 14.4 Å². The molecule has 1 amide bonds. The lowest BCUT2D eigenvalue weighted by Crippen LogP contribution is -2.34. The second-order valence-corrected chi connectivity index (χ2v) is 7.50. The van der Waals surface area contributed by atoms with E-state index in [1.165, 1.54) is 0 Å². The van der Waals surface area contributed by atoms with Gasteiger partial charge in [0.2, 0.25) is 0 Å². The number of hydrogen-bond donors (Lipinski definition) is 1. The van der Waals surface area contributed by atoms with Crippen molar-refractivity contribution in [2.45, 2.75) is 18.9 Å². The van der Waals surface area contributed by atoms with Gasteiger partial charge in [-0.05, 0) is 43.0 Å². The molecule has 7 heteroatoms. The lowest BCUT2D eigenvalue weighted by atomic mass is 9.80. The maximum atomic E-state index is 12.4. The van der Waals surface area contributed by atoms with Gasteiger partial charge in [0.1, 0.15) is 6.10 Å². The highest BCUT2D eigenvalue weighted by atomic mass is 79.9. The number of anilines is 1. The third-order valence-electron chi connectivity index (χ3n) is 5.23. The normalized spacial score (nSPS) is 32.5. The standard InChI is InChI=1S/C17H16BrNO5/c18-9-1-3-10(4-2-9)19-13(20)7-23-16(21)14-8-5-11-12(6-8)24-17(22)15(11)14/h1-4,8,11-12,14-15H,5-7H2,(H,19,20)/t8-,11-,12+,14-,15-/m0/s1. The van der Waals surface area contributed by atoms with Gasteiger partial charge in [-0.1, -0.05) is 15.9 Å². The minimum Gasteiger partial charge on any atom is -0.462 e. The highest BCUT2D eigenvalue weighted by molar-refractivity contribution is 9.10. The number of esters is 2. The first-order chi connectivity index (χ1) is 11.5. The van der Waals surface area contributed by atoms with Gasteiger partial charge in [0, 0.05) is 16.1 Å². The Morgan fingerprint density at radius 1 is 1.25 bits per heavy atom. The van der Waals surface area contributed by atoms with Crippen molar-refractivity contribution in [2.75, 3.05) is 11.9 Å². The predicted molar refractivity (Wildman–Crippen MR) is 86.8 cm³/mol. The van der Waals surface area contributed by atoms with Crippen molar-refractivity contribution in [3.8, 4) is 0 Å². The van der Waals surface area contributed by atoms with E-state index in [0.717, 1.165) is 17.3 Å². The molecule has 0 radical (unpaired) electrons. The second-order valence-electron chi connectivity index (χ2n) is 6.59. The molecule has 1 aromatic rings. The first kappa shape index (κ1) is 15.6. The van der Waals surface area contributed by atoms with Gasteiger partial charge in [-0.3, -0.25) is 14.4 Å². The van der Waals surface area contributed by atoms with Gasteiger partial charge in [0.15, 0.2) is 6.61 Å². The predicted octanol–water partition coefficient (Wildman–Crippen LogP) is 2.13. The lowest BCUT2D eigenvalue weighted by Gasteiger charge is -2.22. The molecular formula is C17H16BrNO5. The fourth-order valence-electron chi connectivity index (χ4n) is 4.29. The number of benzene rings is 1. The van der Waals surface area contributed by atoms with Crippen LogP contribution in [-0.2, 0) is 23.9 Å². The average molecular weight is 394 g/mol. The van der Waals surface area contributed by atoms with E-state index < -0.39 is 17.8 Å². The van der Waals surface area contributed by atoms with E-state index >= 15 is 0 Å². The summed E-state index contributed by atoms with van der Waals surface area (Å²) in [6.07, 6.45) is 1.56. The van der Waals surface area contributed by atoms with E-state index in [-0.39, 0.29) is 36.4 Å². The van der Waals surface area contributed by atoms with E-state index in [2.05, 4.69) is 21.2 Å². The zero-order chi connectivity index (χ0) is 16.8. The molecule has 0 spiro atoms. The summed E-state index contributed by atoms with van der Waals surface area (Å²) in [5.41, 5.74) is 0.626. The molecule has 24 heavy (non-hydrogen) atoms. The topological polar surface area (TPSA) is 81.7 Å². The Bertz CT molecular complexity index is 701. The number of carbonyl (C=O) groups excluding carboxylic acids is 3. The minimum atomic E-state index is -0.462. The molecule has 1 aliphatic heterocycles. The van der Waals surface area contributed by atoms with Crippen molar-refractivity contribution >= 4 is 39.5 Å². The molecule has 4 rings (SSSR count). The number of ether oxygens (including phenoxy) is 2. The van der Waals surface area contributed by atoms with Gasteiger partial charge < -0.3 is 14.8 Å². The Balaban J connectivity index is 1.33. The van der Waals surface area contributed by atoms with Crippen LogP contribution in [0.1, 0.15) is 12.8 Å². The lowest BCUT2D eigenvalue weighted by molar-refractivity contribution is -0.157. The quantitative estimate of drug-likeness (QED) is 0.792. The average Bonchev–Trinajstić information content (AvgIpc) is 3.16. The molecule has 1 saturated heterocycles. The van der Waals surface area contributed by atoms with Crippen LogP contribution in [0.5, 0.6) is 0 Å². The van der Waals surface area contributed by atoms with Crippen molar-refractivity contribution < 1.29 is 23.9 Å². The SMILES string of the molecule is O=C(COC(=O)[C@H]1[C@H]2C[C@@H]3[C@@H]1C(=O)O[C@@H]3C2)Nc1ccc(Br)cc1. The Morgan fingerprint density at radius 3 is 2.75 bits per heavy atom. The Hall–Kier alpha value is -1.89.